The molecule has 0 radical (unpaired) electrons. The number of thiazole rings is 3. The molecule has 4 heterocycles. The Balaban J connectivity index is 1.09. The molecule has 0 unspecified atom stereocenters. The number of benzene rings is 4. The van der Waals surface area contributed by atoms with E-state index >= 15 is 0 Å². The van der Waals surface area contributed by atoms with E-state index in [-0.39, 0.29) is 21.2 Å². The number of hydrogen-bond acceptors (Lipinski definition) is 10. The minimum absolute atomic E-state index is 0.0667. The molecule has 0 saturated heterocycles. The number of oxazole rings is 1. The number of halogens is 10. The Labute approximate surface area is 291 Å². The molecule has 8 aromatic rings. The van der Waals surface area contributed by atoms with Gasteiger partial charge in [0.25, 0.3) is 0 Å². The van der Waals surface area contributed by atoms with Crippen LogP contribution in [0.4, 0.5) is 43.9 Å². The number of carbonyl (C=O) groups is 2. The lowest BCUT2D eigenvalue weighted by molar-refractivity contribution is 0.101. The molecule has 52 heavy (non-hydrogen) atoms. The number of aromatic nitrogens is 4. The van der Waals surface area contributed by atoms with Crippen LogP contribution in [0.3, 0.4) is 0 Å². The maximum Gasteiger partial charge on any atom is 0.239 e. The van der Waals surface area contributed by atoms with Crippen molar-refractivity contribution in [1.29, 1.82) is 0 Å². The largest absolute Gasteiger partial charge is 0.435 e. The third-order valence-corrected chi connectivity index (χ3v) is 10.7. The van der Waals surface area contributed by atoms with Gasteiger partial charge in [0.15, 0.2) is 62.1 Å². The van der Waals surface area contributed by atoms with Crippen LogP contribution >= 0.6 is 34.0 Å². The average molecular weight is 781 g/mol. The Morgan fingerprint density at radius 1 is 0.519 bits per heavy atom. The maximum absolute atomic E-state index is 14.2. The van der Waals surface area contributed by atoms with Crippen molar-refractivity contribution < 1.29 is 57.9 Å². The second-order valence-electron chi connectivity index (χ2n) is 10.6. The zero-order valence-corrected chi connectivity index (χ0v) is 26.9. The summed E-state index contributed by atoms with van der Waals surface area (Å²) in [6, 6.07) is 6.68. The van der Waals surface area contributed by atoms with Gasteiger partial charge in [0.2, 0.25) is 29.1 Å². The number of rotatable bonds is 6. The van der Waals surface area contributed by atoms with E-state index in [4.69, 9.17) is 4.42 Å². The highest BCUT2D eigenvalue weighted by atomic mass is 32.1. The molecule has 0 aliphatic carbocycles. The summed E-state index contributed by atoms with van der Waals surface area (Å²) < 4.78 is 145. The summed E-state index contributed by atoms with van der Waals surface area (Å²) in [6.07, 6.45) is 2.25. The van der Waals surface area contributed by atoms with E-state index in [2.05, 4.69) is 19.9 Å². The summed E-state index contributed by atoms with van der Waals surface area (Å²) in [4.78, 5) is 42.2. The van der Waals surface area contributed by atoms with Crippen molar-refractivity contribution in [2.45, 2.75) is 0 Å². The van der Waals surface area contributed by atoms with Crippen molar-refractivity contribution in [3.8, 4) is 20.7 Å². The molecule has 0 bridgehead atoms. The van der Waals surface area contributed by atoms with Gasteiger partial charge in [0, 0.05) is 6.20 Å². The summed E-state index contributed by atoms with van der Waals surface area (Å²) in [5.74, 6) is -26.2. The van der Waals surface area contributed by atoms with Crippen LogP contribution in [0, 0.1) is 58.2 Å². The first-order chi connectivity index (χ1) is 24.7. The third-order valence-electron chi connectivity index (χ3n) is 7.55. The van der Waals surface area contributed by atoms with Crippen LogP contribution in [0.2, 0.25) is 0 Å². The zero-order valence-electron chi connectivity index (χ0n) is 24.5. The van der Waals surface area contributed by atoms with Crippen LogP contribution in [0.15, 0.2) is 41.1 Å². The molecule has 260 valence electrons. The lowest BCUT2D eigenvalue weighted by atomic mass is 10.1. The summed E-state index contributed by atoms with van der Waals surface area (Å²) in [6.45, 7) is 0. The Bertz CT molecular complexity index is 2560. The van der Waals surface area contributed by atoms with Gasteiger partial charge in [-0.05, 0) is 35.0 Å². The monoisotopic (exact) mass is 780 g/mol. The molecule has 20 heteroatoms. The SMILES string of the molecule is O=C(c1ncc(-c2nc3cc4cc5sc(-c6cnc(C(=O)c7c(F)c(F)c(F)c(F)c7F)s6)nc5cc4cc3o2)s1)c1c(F)c(F)c(F)c(F)c1F. The van der Waals surface area contributed by atoms with E-state index in [1.54, 1.807) is 24.3 Å². The first-order valence-corrected chi connectivity index (χ1v) is 16.4. The van der Waals surface area contributed by atoms with Crippen LogP contribution < -0.4 is 0 Å². The van der Waals surface area contributed by atoms with Crippen molar-refractivity contribution in [3.63, 3.8) is 0 Å². The van der Waals surface area contributed by atoms with Gasteiger partial charge in [-0.3, -0.25) is 9.59 Å². The van der Waals surface area contributed by atoms with Gasteiger partial charge in [0.1, 0.15) is 26.5 Å². The smallest absolute Gasteiger partial charge is 0.239 e. The fourth-order valence-electron chi connectivity index (χ4n) is 5.08. The summed E-state index contributed by atoms with van der Waals surface area (Å²) >= 11 is 2.31. The van der Waals surface area contributed by atoms with Crippen LogP contribution in [0.25, 0.3) is 52.7 Å². The van der Waals surface area contributed by atoms with E-state index in [0.29, 0.717) is 54.2 Å². The molecule has 0 aliphatic heterocycles. The molecule has 0 atom stereocenters. The second-order valence-corrected chi connectivity index (χ2v) is 13.7. The molecule has 0 fully saturated rings. The van der Waals surface area contributed by atoms with Crippen LogP contribution in [-0.2, 0) is 0 Å². The minimum atomic E-state index is -2.41. The predicted molar refractivity (Wildman–Crippen MR) is 166 cm³/mol. The first-order valence-electron chi connectivity index (χ1n) is 13.9. The highest BCUT2D eigenvalue weighted by Crippen LogP contribution is 2.38. The molecule has 0 amide bonds. The fraction of sp³-hybridized carbons (Fsp3) is 0. The standard InChI is InChI=1S/C32H6F10N4O3S3/c33-17-15(18(34)22(38)25(41)21(17)37)27(47)31-43-5-13(51-31)29-45-9-1-8-4-12-10(2-7(8)3-11(9)49-29)46-30(50-12)14-6-44-32(52-14)28(48)16-19(35)23(39)26(42)24(40)20(16)36/h1-6H. The van der Waals surface area contributed by atoms with E-state index in [9.17, 15) is 53.5 Å². The van der Waals surface area contributed by atoms with Gasteiger partial charge in [0.05, 0.1) is 21.3 Å². The molecule has 4 aromatic heterocycles. The quantitative estimate of drug-likeness (QED) is 0.0718. The lowest BCUT2D eigenvalue weighted by Gasteiger charge is -2.05. The number of fused-ring (bicyclic) bond motifs is 3. The number of hydrogen-bond donors (Lipinski definition) is 0. The Morgan fingerprint density at radius 2 is 0.981 bits per heavy atom. The number of nitrogens with zero attached hydrogens (tertiary/aromatic N) is 4. The Kier molecular flexibility index (Phi) is 7.73. The normalized spacial score (nSPS) is 11.8. The van der Waals surface area contributed by atoms with Crippen LogP contribution in [-0.4, -0.2) is 31.5 Å². The van der Waals surface area contributed by atoms with E-state index in [1.165, 1.54) is 6.20 Å². The van der Waals surface area contributed by atoms with Gasteiger partial charge in [-0.2, -0.15) is 0 Å². The molecule has 0 aliphatic rings. The molecule has 7 nitrogen and oxygen atoms in total. The molecule has 0 spiro atoms. The highest BCUT2D eigenvalue weighted by molar-refractivity contribution is 7.26. The lowest BCUT2D eigenvalue weighted by Crippen LogP contribution is -2.13. The summed E-state index contributed by atoms with van der Waals surface area (Å²) in [5.41, 5.74) is -2.26. The van der Waals surface area contributed by atoms with Gasteiger partial charge < -0.3 is 4.42 Å². The average Bonchev–Trinajstić information content (AvgIpc) is 3.95. The summed E-state index contributed by atoms with van der Waals surface area (Å²) in [5, 5.41) is 0.443. The topological polar surface area (TPSA) is 98.8 Å². The first kappa shape index (κ1) is 33.5. The molecule has 4 aromatic carbocycles. The van der Waals surface area contributed by atoms with E-state index in [1.807, 2.05) is 0 Å². The summed E-state index contributed by atoms with van der Waals surface area (Å²) in [7, 11) is 0. The van der Waals surface area contributed by atoms with Gasteiger partial charge in [-0.25, -0.2) is 63.8 Å². The van der Waals surface area contributed by atoms with Gasteiger partial charge in [-0.15, -0.1) is 34.0 Å². The third kappa shape index (κ3) is 5.07. The number of ketones is 2. The van der Waals surface area contributed by atoms with Crippen molar-refractivity contribution in [1.82, 2.24) is 19.9 Å². The fourth-order valence-corrected chi connectivity index (χ4v) is 7.77. The van der Waals surface area contributed by atoms with E-state index < -0.39 is 90.9 Å². The van der Waals surface area contributed by atoms with Crippen molar-refractivity contribution in [2.75, 3.05) is 0 Å². The highest BCUT2D eigenvalue weighted by Gasteiger charge is 2.33. The van der Waals surface area contributed by atoms with Crippen molar-refractivity contribution >= 4 is 77.7 Å². The molecular weight excluding hydrogens is 775 g/mol. The van der Waals surface area contributed by atoms with Crippen molar-refractivity contribution in [3.05, 3.63) is 116 Å². The van der Waals surface area contributed by atoms with Gasteiger partial charge in [-0.1, -0.05) is 0 Å². The van der Waals surface area contributed by atoms with Crippen LogP contribution in [0.1, 0.15) is 30.7 Å². The Hall–Kier alpha value is -5.60. The minimum Gasteiger partial charge on any atom is -0.435 e. The van der Waals surface area contributed by atoms with Crippen LogP contribution in [0.5, 0.6) is 0 Å². The number of carbonyl (C=O) groups excluding carboxylic acids is 2. The zero-order chi connectivity index (χ0) is 36.9. The second kappa shape index (κ2) is 12.0. The Morgan fingerprint density at radius 3 is 1.54 bits per heavy atom. The molecular formula is C32H6F10N4O3S3. The van der Waals surface area contributed by atoms with E-state index in [0.717, 1.165) is 17.5 Å². The molecule has 0 N–H and O–H groups in total. The predicted octanol–water partition coefficient (Wildman–Crippen LogP) is 9.69. The van der Waals surface area contributed by atoms with Crippen molar-refractivity contribution in [2.24, 2.45) is 0 Å². The maximum atomic E-state index is 14.2. The van der Waals surface area contributed by atoms with Gasteiger partial charge >= 0.3 is 0 Å². The molecule has 8 rings (SSSR count). The molecule has 0 saturated carbocycles.